The lowest BCUT2D eigenvalue weighted by molar-refractivity contribution is 0.207. The van der Waals surface area contributed by atoms with Gasteiger partial charge in [0.15, 0.2) is 0 Å². The fourth-order valence-electron chi connectivity index (χ4n) is 3.28. The summed E-state index contributed by atoms with van der Waals surface area (Å²) in [4.78, 5) is 2.57. The van der Waals surface area contributed by atoms with Crippen molar-refractivity contribution < 1.29 is 0 Å². The van der Waals surface area contributed by atoms with Gasteiger partial charge in [-0.15, -0.1) is 0 Å². The molecule has 1 heterocycles. The van der Waals surface area contributed by atoms with Crippen molar-refractivity contribution in [2.45, 2.75) is 71.4 Å². The Labute approximate surface area is 124 Å². The third-order valence-electron chi connectivity index (χ3n) is 4.95. The van der Waals surface area contributed by atoms with E-state index in [1.807, 2.05) is 0 Å². The van der Waals surface area contributed by atoms with E-state index in [1.165, 1.54) is 45.2 Å². The number of hydrogen-bond acceptors (Lipinski definition) is 3. The van der Waals surface area contributed by atoms with Gasteiger partial charge >= 0.3 is 0 Å². The van der Waals surface area contributed by atoms with Crippen LogP contribution in [0.4, 0.5) is 0 Å². The zero-order valence-corrected chi connectivity index (χ0v) is 13.5. The Morgan fingerprint density at radius 3 is 2.55 bits per heavy atom. The molecule has 0 bridgehead atoms. The molecule has 2 atom stereocenters. The molecule has 0 aromatic rings. The molecule has 114 valence electrons. The molecule has 0 amide bonds. The quantitative estimate of drug-likeness (QED) is 0.839. The van der Waals surface area contributed by atoms with Crippen LogP contribution >= 0.6 is 0 Å². The van der Waals surface area contributed by atoms with Crippen molar-refractivity contribution >= 4 is 0 Å². The summed E-state index contributed by atoms with van der Waals surface area (Å²) >= 11 is 0. The summed E-state index contributed by atoms with van der Waals surface area (Å²) in [6, 6.07) is 3.12. The van der Waals surface area contributed by atoms with Crippen LogP contribution in [-0.4, -0.2) is 36.6 Å². The Hall–Kier alpha value is -0.590. The molecular weight excluding hydrogens is 246 g/mol. The topological polar surface area (TPSA) is 39.1 Å². The Morgan fingerprint density at radius 2 is 1.95 bits per heavy atom. The van der Waals surface area contributed by atoms with Crippen molar-refractivity contribution in [3.63, 3.8) is 0 Å². The van der Waals surface area contributed by atoms with Crippen molar-refractivity contribution in [2.75, 3.05) is 19.6 Å². The fourth-order valence-corrected chi connectivity index (χ4v) is 3.28. The van der Waals surface area contributed by atoms with E-state index in [4.69, 9.17) is 0 Å². The second-order valence-corrected chi connectivity index (χ2v) is 7.75. The average Bonchev–Trinajstić information content (AvgIpc) is 3.20. The lowest BCUT2D eigenvalue weighted by Crippen LogP contribution is -2.35. The highest BCUT2D eigenvalue weighted by molar-refractivity contribution is 4.96. The van der Waals surface area contributed by atoms with Crippen LogP contribution in [0.2, 0.25) is 0 Å². The smallest absolute Gasteiger partial charge is 0.0967 e. The van der Waals surface area contributed by atoms with Crippen LogP contribution in [0.3, 0.4) is 0 Å². The van der Waals surface area contributed by atoms with Crippen molar-refractivity contribution in [1.29, 1.82) is 5.26 Å². The zero-order valence-electron chi connectivity index (χ0n) is 13.5. The van der Waals surface area contributed by atoms with E-state index in [9.17, 15) is 5.26 Å². The Kier molecular flexibility index (Phi) is 5.46. The number of hydrogen-bond donors (Lipinski definition) is 1. The summed E-state index contributed by atoms with van der Waals surface area (Å²) in [5, 5.41) is 12.6. The molecule has 20 heavy (non-hydrogen) atoms. The molecule has 0 radical (unpaired) electrons. The van der Waals surface area contributed by atoms with Gasteiger partial charge in [-0.2, -0.15) is 5.26 Å². The lowest BCUT2D eigenvalue weighted by atomic mass is 9.77. The molecule has 3 heteroatoms. The first-order valence-corrected chi connectivity index (χ1v) is 8.37. The van der Waals surface area contributed by atoms with Gasteiger partial charge in [-0.1, -0.05) is 20.8 Å². The summed E-state index contributed by atoms with van der Waals surface area (Å²) in [7, 11) is 0. The standard InChI is InChI=1S/C17H31N3/c1-17(2,3)14-5-4-10-20(11-8-14)12-9-16(13-18)19-15-6-7-15/h14-16,19H,4-12H2,1-3H3. The third kappa shape index (κ3) is 5.07. The molecule has 1 aliphatic carbocycles. The molecule has 1 saturated heterocycles. The maximum Gasteiger partial charge on any atom is 0.0967 e. The summed E-state index contributed by atoms with van der Waals surface area (Å²) < 4.78 is 0. The maximum atomic E-state index is 9.21. The third-order valence-corrected chi connectivity index (χ3v) is 4.95. The van der Waals surface area contributed by atoms with Gasteiger partial charge in [0.1, 0.15) is 0 Å². The minimum Gasteiger partial charge on any atom is -0.303 e. The molecule has 0 aromatic carbocycles. The predicted molar refractivity (Wildman–Crippen MR) is 83.4 cm³/mol. The summed E-state index contributed by atoms with van der Waals surface area (Å²) in [5.41, 5.74) is 0.443. The number of likely N-dealkylation sites (tertiary alicyclic amines) is 1. The second-order valence-electron chi connectivity index (χ2n) is 7.75. The Balaban J connectivity index is 1.72. The fraction of sp³-hybridized carbons (Fsp3) is 0.941. The molecule has 2 unspecified atom stereocenters. The van der Waals surface area contributed by atoms with E-state index in [-0.39, 0.29) is 6.04 Å². The van der Waals surface area contributed by atoms with Gasteiger partial charge in [-0.25, -0.2) is 0 Å². The van der Waals surface area contributed by atoms with E-state index in [0.717, 1.165) is 18.9 Å². The van der Waals surface area contributed by atoms with Crippen molar-refractivity contribution in [1.82, 2.24) is 10.2 Å². The van der Waals surface area contributed by atoms with E-state index in [1.54, 1.807) is 0 Å². The molecule has 2 fully saturated rings. The van der Waals surface area contributed by atoms with Crippen LogP contribution in [0.5, 0.6) is 0 Å². The van der Waals surface area contributed by atoms with Gasteiger partial charge in [0.05, 0.1) is 12.1 Å². The van der Waals surface area contributed by atoms with Gasteiger partial charge in [0.2, 0.25) is 0 Å². The normalized spacial score (nSPS) is 26.8. The van der Waals surface area contributed by atoms with Crippen molar-refractivity contribution in [3.8, 4) is 6.07 Å². The average molecular weight is 277 g/mol. The van der Waals surface area contributed by atoms with E-state index in [2.05, 4.69) is 37.1 Å². The van der Waals surface area contributed by atoms with Crippen LogP contribution in [0, 0.1) is 22.7 Å². The van der Waals surface area contributed by atoms with E-state index >= 15 is 0 Å². The van der Waals surface area contributed by atoms with Gasteiger partial charge in [-0.05, 0) is 62.9 Å². The van der Waals surface area contributed by atoms with E-state index < -0.39 is 0 Å². The van der Waals surface area contributed by atoms with E-state index in [0.29, 0.717) is 11.5 Å². The minimum absolute atomic E-state index is 0.0594. The molecule has 3 nitrogen and oxygen atoms in total. The van der Waals surface area contributed by atoms with Gasteiger partial charge < -0.3 is 4.90 Å². The molecule has 0 spiro atoms. The molecule has 1 N–H and O–H groups in total. The zero-order chi connectivity index (χ0) is 14.6. The number of nitrogens with zero attached hydrogens (tertiary/aromatic N) is 2. The number of rotatable bonds is 5. The maximum absolute atomic E-state index is 9.21. The molecule has 1 aliphatic heterocycles. The lowest BCUT2D eigenvalue weighted by Gasteiger charge is -2.30. The van der Waals surface area contributed by atoms with Gasteiger partial charge in [-0.3, -0.25) is 5.32 Å². The minimum atomic E-state index is 0.0594. The predicted octanol–water partition coefficient (Wildman–Crippen LogP) is 3.17. The molecule has 2 aliphatic rings. The van der Waals surface area contributed by atoms with Crippen LogP contribution < -0.4 is 5.32 Å². The molecule has 0 aromatic heterocycles. The summed E-state index contributed by atoms with van der Waals surface area (Å²) in [5.74, 6) is 0.851. The van der Waals surface area contributed by atoms with Gasteiger partial charge in [0.25, 0.3) is 0 Å². The number of nitrogens with one attached hydrogen (secondary N) is 1. The van der Waals surface area contributed by atoms with Crippen LogP contribution in [-0.2, 0) is 0 Å². The summed E-state index contributed by atoms with van der Waals surface area (Å²) in [6.45, 7) is 10.6. The first-order valence-electron chi connectivity index (χ1n) is 8.37. The Bertz CT molecular complexity index is 335. The first kappa shape index (κ1) is 15.8. The second kappa shape index (κ2) is 6.91. The first-order chi connectivity index (χ1) is 9.49. The van der Waals surface area contributed by atoms with Crippen LogP contribution in [0.25, 0.3) is 0 Å². The summed E-state index contributed by atoms with van der Waals surface area (Å²) in [6.07, 6.45) is 7.49. The molecular formula is C17H31N3. The van der Waals surface area contributed by atoms with Crippen LogP contribution in [0.1, 0.15) is 59.3 Å². The van der Waals surface area contributed by atoms with Crippen LogP contribution in [0.15, 0.2) is 0 Å². The Morgan fingerprint density at radius 1 is 1.20 bits per heavy atom. The highest BCUT2D eigenvalue weighted by Crippen LogP contribution is 2.34. The molecule has 2 rings (SSSR count). The largest absolute Gasteiger partial charge is 0.303 e. The van der Waals surface area contributed by atoms with Crippen molar-refractivity contribution in [3.05, 3.63) is 0 Å². The number of nitriles is 1. The monoisotopic (exact) mass is 277 g/mol. The highest BCUT2D eigenvalue weighted by Gasteiger charge is 2.28. The van der Waals surface area contributed by atoms with Crippen molar-refractivity contribution in [2.24, 2.45) is 11.3 Å². The molecule has 1 saturated carbocycles. The highest BCUT2D eigenvalue weighted by atomic mass is 15.1. The van der Waals surface area contributed by atoms with Gasteiger partial charge in [0, 0.05) is 12.6 Å². The SMILES string of the molecule is CC(C)(C)C1CCCN(CCC(C#N)NC2CC2)CC1.